The van der Waals surface area contributed by atoms with E-state index in [0.29, 0.717) is 5.92 Å². The summed E-state index contributed by atoms with van der Waals surface area (Å²) in [5.41, 5.74) is 3.51. The van der Waals surface area contributed by atoms with E-state index in [2.05, 4.69) is 28.1 Å². The average molecular weight is 323 g/mol. The van der Waals surface area contributed by atoms with Crippen LogP contribution in [0.4, 0.5) is 8.78 Å². The molecular weight excluding hydrogens is 310 g/mol. The molecule has 19 heavy (non-hydrogen) atoms. The van der Waals surface area contributed by atoms with Crippen LogP contribution in [0.15, 0.2) is 42.5 Å². The van der Waals surface area contributed by atoms with E-state index >= 15 is 0 Å². The topological polar surface area (TPSA) is 0 Å². The van der Waals surface area contributed by atoms with Crippen LogP contribution in [-0.4, -0.2) is 0 Å². The largest absolute Gasteiger partial charge is 0.204 e. The number of hydrogen-bond acceptors (Lipinski definition) is 0. The van der Waals surface area contributed by atoms with Crippen LogP contribution in [0.3, 0.4) is 0 Å². The van der Waals surface area contributed by atoms with E-state index in [9.17, 15) is 8.78 Å². The number of halogens is 3. The molecule has 0 radical (unpaired) electrons. The predicted octanol–water partition coefficient (Wildman–Crippen LogP) is 4.82. The third-order valence-electron chi connectivity index (χ3n) is 3.73. The first kappa shape index (κ1) is 12.8. The van der Waals surface area contributed by atoms with Crippen LogP contribution in [0.1, 0.15) is 21.5 Å². The van der Waals surface area contributed by atoms with Gasteiger partial charge in [0.1, 0.15) is 0 Å². The summed E-state index contributed by atoms with van der Waals surface area (Å²) in [6.07, 6.45) is 1.73. The molecule has 98 valence electrons. The van der Waals surface area contributed by atoms with Gasteiger partial charge in [-0.05, 0) is 47.6 Å². The van der Waals surface area contributed by atoms with E-state index in [1.807, 2.05) is 12.1 Å². The minimum Gasteiger partial charge on any atom is -0.204 e. The molecule has 2 aromatic carbocycles. The maximum atomic E-state index is 13.2. The second kappa shape index (κ2) is 5.04. The quantitative estimate of drug-likeness (QED) is 0.696. The van der Waals surface area contributed by atoms with Gasteiger partial charge in [0.05, 0.1) is 0 Å². The van der Waals surface area contributed by atoms with Gasteiger partial charge in [-0.25, -0.2) is 8.78 Å². The Labute approximate surface area is 119 Å². The van der Waals surface area contributed by atoms with Crippen LogP contribution >= 0.6 is 15.9 Å². The zero-order chi connectivity index (χ0) is 13.4. The van der Waals surface area contributed by atoms with Crippen LogP contribution in [0, 0.1) is 17.6 Å². The minimum absolute atomic E-state index is 0.289. The van der Waals surface area contributed by atoms with Crippen LogP contribution in [0.5, 0.6) is 0 Å². The normalized spacial score (nSPS) is 21.4. The summed E-state index contributed by atoms with van der Waals surface area (Å²) in [5, 5.41) is 0. The molecule has 2 atom stereocenters. The molecule has 0 heterocycles. The molecule has 3 rings (SSSR count). The van der Waals surface area contributed by atoms with Crippen LogP contribution in [-0.2, 0) is 12.8 Å². The highest BCUT2D eigenvalue weighted by molar-refractivity contribution is 9.09. The van der Waals surface area contributed by atoms with Crippen molar-refractivity contribution >= 4 is 15.9 Å². The van der Waals surface area contributed by atoms with Crippen LogP contribution in [0.25, 0.3) is 0 Å². The standard InChI is InChI=1S/C16H13BrF2/c17-16-12(9-11-3-1-2-4-13(11)16)7-10-5-6-14(18)15(19)8-10/h1-6,8,12,16H,7,9H2. The third-order valence-corrected chi connectivity index (χ3v) is 4.97. The van der Waals surface area contributed by atoms with Crippen molar-refractivity contribution in [2.45, 2.75) is 17.7 Å². The first-order valence-corrected chi connectivity index (χ1v) is 7.22. The van der Waals surface area contributed by atoms with Gasteiger partial charge < -0.3 is 0 Å². The Kier molecular flexibility index (Phi) is 3.40. The molecule has 0 spiro atoms. The van der Waals surface area contributed by atoms with Crippen molar-refractivity contribution in [3.8, 4) is 0 Å². The Bertz CT molecular complexity index is 609. The summed E-state index contributed by atoms with van der Waals surface area (Å²) in [6.45, 7) is 0. The van der Waals surface area contributed by atoms with Crippen molar-refractivity contribution in [3.05, 3.63) is 70.8 Å². The SMILES string of the molecule is Fc1ccc(CC2Cc3ccccc3C2Br)cc1F. The Hall–Kier alpha value is -1.22. The fourth-order valence-electron chi connectivity index (χ4n) is 2.77. The highest BCUT2D eigenvalue weighted by Crippen LogP contribution is 2.43. The van der Waals surface area contributed by atoms with Gasteiger partial charge in [-0.15, -0.1) is 0 Å². The lowest BCUT2D eigenvalue weighted by atomic mass is 9.96. The molecule has 0 bridgehead atoms. The first-order valence-electron chi connectivity index (χ1n) is 6.31. The summed E-state index contributed by atoms with van der Waals surface area (Å²) < 4.78 is 26.1. The summed E-state index contributed by atoms with van der Waals surface area (Å²) in [7, 11) is 0. The molecule has 0 nitrogen and oxygen atoms in total. The summed E-state index contributed by atoms with van der Waals surface area (Å²) in [4.78, 5) is 0.289. The van der Waals surface area contributed by atoms with Crippen molar-refractivity contribution < 1.29 is 8.78 Å². The molecule has 2 aromatic rings. The number of benzene rings is 2. The van der Waals surface area contributed by atoms with Gasteiger partial charge in [-0.1, -0.05) is 46.3 Å². The number of alkyl halides is 1. The molecule has 0 aliphatic heterocycles. The lowest BCUT2D eigenvalue weighted by Crippen LogP contribution is -2.07. The van der Waals surface area contributed by atoms with E-state index in [1.165, 1.54) is 23.3 Å². The van der Waals surface area contributed by atoms with E-state index in [1.54, 1.807) is 6.07 Å². The Morgan fingerprint density at radius 3 is 2.58 bits per heavy atom. The molecule has 0 fully saturated rings. The van der Waals surface area contributed by atoms with Crippen molar-refractivity contribution in [2.75, 3.05) is 0 Å². The van der Waals surface area contributed by atoms with Crippen molar-refractivity contribution in [1.29, 1.82) is 0 Å². The van der Waals surface area contributed by atoms with Crippen LogP contribution in [0.2, 0.25) is 0 Å². The molecule has 0 saturated carbocycles. The van der Waals surface area contributed by atoms with Crippen molar-refractivity contribution in [3.63, 3.8) is 0 Å². The number of rotatable bonds is 2. The van der Waals surface area contributed by atoms with Gasteiger partial charge in [-0.3, -0.25) is 0 Å². The molecule has 0 amide bonds. The molecule has 0 N–H and O–H groups in total. The van der Waals surface area contributed by atoms with Gasteiger partial charge in [0.15, 0.2) is 11.6 Å². The Balaban J connectivity index is 1.80. The lowest BCUT2D eigenvalue weighted by molar-refractivity contribution is 0.501. The maximum absolute atomic E-state index is 13.2. The summed E-state index contributed by atoms with van der Waals surface area (Å²) in [5.74, 6) is -1.16. The van der Waals surface area contributed by atoms with E-state index in [-0.39, 0.29) is 4.83 Å². The van der Waals surface area contributed by atoms with E-state index < -0.39 is 11.6 Å². The highest BCUT2D eigenvalue weighted by atomic mass is 79.9. The zero-order valence-electron chi connectivity index (χ0n) is 10.2. The summed E-state index contributed by atoms with van der Waals surface area (Å²) in [6, 6.07) is 12.5. The van der Waals surface area contributed by atoms with Gasteiger partial charge >= 0.3 is 0 Å². The molecule has 1 aliphatic carbocycles. The van der Waals surface area contributed by atoms with E-state index in [0.717, 1.165) is 18.4 Å². The fourth-order valence-corrected chi connectivity index (χ4v) is 3.59. The second-order valence-corrected chi connectivity index (χ2v) is 6.00. The fraction of sp³-hybridized carbons (Fsp3) is 0.250. The van der Waals surface area contributed by atoms with Crippen molar-refractivity contribution in [2.24, 2.45) is 5.92 Å². The molecule has 0 saturated heterocycles. The Morgan fingerprint density at radius 1 is 1.05 bits per heavy atom. The third kappa shape index (κ3) is 2.44. The predicted molar refractivity (Wildman–Crippen MR) is 75.4 cm³/mol. The smallest absolute Gasteiger partial charge is 0.159 e. The highest BCUT2D eigenvalue weighted by Gasteiger charge is 2.30. The average Bonchev–Trinajstić information content (AvgIpc) is 2.72. The van der Waals surface area contributed by atoms with Gasteiger partial charge in [0.25, 0.3) is 0 Å². The Morgan fingerprint density at radius 2 is 1.84 bits per heavy atom. The minimum atomic E-state index is -0.783. The monoisotopic (exact) mass is 322 g/mol. The molecule has 2 unspecified atom stereocenters. The maximum Gasteiger partial charge on any atom is 0.159 e. The van der Waals surface area contributed by atoms with Gasteiger partial charge in [0.2, 0.25) is 0 Å². The van der Waals surface area contributed by atoms with Crippen molar-refractivity contribution in [1.82, 2.24) is 0 Å². The van der Waals surface area contributed by atoms with Gasteiger partial charge in [0, 0.05) is 4.83 Å². The molecular formula is C16H13BrF2. The molecule has 1 aliphatic rings. The molecule has 3 heteroatoms. The molecule has 0 aromatic heterocycles. The first-order chi connectivity index (χ1) is 9.15. The lowest BCUT2D eigenvalue weighted by Gasteiger charge is -2.14. The van der Waals surface area contributed by atoms with Crippen LogP contribution < -0.4 is 0 Å². The summed E-state index contributed by atoms with van der Waals surface area (Å²) >= 11 is 3.73. The zero-order valence-corrected chi connectivity index (χ0v) is 11.8. The number of fused-ring (bicyclic) bond motifs is 1. The number of hydrogen-bond donors (Lipinski definition) is 0. The second-order valence-electron chi connectivity index (χ2n) is 5.02. The van der Waals surface area contributed by atoms with E-state index in [4.69, 9.17) is 0 Å². The van der Waals surface area contributed by atoms with Gasteiger partial charge in [-0.2, -0.15) is 0 Å².